The van der Waals surface area contributed by atoms with E-state index in [0.29, 0.717) is 65.0 Å². The number of carbonyl (C=O) groups is 3. The van der Waals surface area contributed by atoms with E-state index in [-0.39, 0.29) is 62.0 Å². The van der Waals surface area contributed by atoms with Gasteiger partial charge in [-0.1, -0.05) is 44.5 Å². The largest absolute Gasteiger partial charge is 0.457 e. The van der Waals surface area contributed by atoms with Crippen LogP contribution in [0.3, 0.4) is 0 Å². The normalized spacial score (nSPS) is 18.8. The Balaban J connectivity index is 0.937. The summed E-state index contributed by atoms with van der Waals surface area (Å²) < 4.78 is 58.9. The second-order valence-electron chi connectivity index (χ2n) is 18.0. The zero-order valence-electron chi connectivity index (χ0n) is 39.6. The van der Waals surface area contributed by atoms with Crippen LogP contribution in [0, 0.1) is 5.82 Å². The smallest absolute Gasteiger partial charge is 0.415 e. The number of esters is 2. The molecule has 15 nitrogen and oxygen atoms in total. The fraction of sp³-hybridized carbons (Fsp3) is 0.442. The predicted molar refractivity (Wildman–Crippen MR) is 258 cm³/mol. The molecule has 0 saturated carbocycles. The minimum Gasteiger partial charge on any atom is -0.457 e. The number of nitrogens with one attached hydrogen (secondary N) is 1. The van der Waals surface area contributed by atoms with E-state index in [9.17, 15) is 28.1 Å². The lowest BCUT2D eigenvalue weighted by molar-refractivity contribution is -0.189. The Kier molecular flexibility index (Phi) is 14.1. The first-order chi connectivity index (χ1) is 33.4. The Morgan fingerprint density at radius 2 is 1.65 bits per heavy atom. The maximum atomic E-state index is 14.4. The van der Waals surface area contributed by atoms with Gasteiger partial charge in [-0.15, -0.1) is 0 Å². The molecule has 6 heterocycles. The molecule has 69 heavy (non-hydrogen) atoms. The number of hydrogen-bond donors (Lipinski definition) is 1. The number of anilines is 1. The van der Waals surface area contributed by atoms with Gasteiger partial charge in [0.25, 0.3) is 5.56 Å². The third-order valence-electron chi connectivity index (χ3n) is 13.9. The molecular formula is C52H59FN5O10P. The van der Waals surface area contributed by atoms with Gasteiger partial charge in [-0.25, -0.2) is 19.0 Å². The topological polar surface area (TPSA) is 168 Å². The lowest BCUT2D eigenvalue weighted by Crippen LogP contribution is -2.48. The number of nitrogens with zero attached hydrogens (tertiary/aromatic N) is 4. The van der Waals surface area contributed by atoms with E-state index in [4.69, 9.17) is 28.2 Å². The van der Waals surface area contributed by atoms with Crippen molar-refractivity contribution in [1.29, 1.82) is 0 Å². The molecule has 9 rings (SSSR count). The SMILES string of the molecule is CCOP(=O)(OCC)C(Nc1ccc(CC(=O)OC2(CC)C(=O)OCc3c2cc2n(c3=O)Cc3c-2nc2ccc(OC(=O)N4CCC(N5CCCCC5)CC4)cc2c3CC)cc1)c1cccc(F)c1. The summed E-state index contributed by atoms with van der Waals surface area (Å²) in [7, 11) is -3.83. The summed E-state index contributed by atoms with van der Waals surface area (Å²) in [6.45, 7) is 10.8. The molecule has 3 aromatic carbocycles. The van der Waals surface area contributed by atoms with Gasteiger partial charge in [0.2, 0.25) is 5.60 Å². The summed E-state index contributed by atoms with van der Waals surface area (Å²) >= 11 is 0. The Bertz CT molecular complexity index is 2870. The number of hydrogen-bond acceptors (Lipinski definition) is 13. The molecule has 0 radical (unpaired) electrons. The molecule has 4 aliphatic heterocycles. The molecule has 0 spiro atoms. The van der Waals surface area contributed by atoms with Crippen LogP contribution >= 0.6 is 7.60 Å². The first kappa shape index (κ1) is 48.1. The Morgan fingerprint density at radius 3 is 2.33 bits per heavy atom. The van der Waals surface area contributed by atoms with Gasteiger partial charge in [0.05, 0.1) is 48.6 Å². The monoisotopic (exact) mass is 963 g/mol. The van der Waals surface area contributed by atoms with E-state index in [0.717, 1.165) is 42.4 Å². The van der Waals surface area contributed by atoms with Gasteiger partial charge in [0.15, 0.2) is 5.78 Å². The lowest BCUT2D eigenvalue weighted by Gasteiger charge is -2.39. The number of fused-ring (bicyclic) bond motifs is 5. The second kappa shape index (κ2) is 20.2. The molecule has 1 N–H and O–H groups in total. The van der Waals surface area contributed by atoms with Crippen molar-refractivity contribution in [2.45, 2.75) is 110 Å². The fourth-order valence-corrected chi connectivity index (χ4v) is 12.4. The number of pyridine rings is 2. The van der Waals surface area contributed by atoms with Gasteiger partial charge in [0, 0.05) is 41.3 Å². The zero-order chi connectivity index (χ0) is 48.5. The van der Waals surface area contributed by atoms with E-state index < -0.39 is 36.7 Å². The average Bonchev–Trinajstić information content (AvgIpc) is 3.72. The summed E-state index contributed by atoms with van der Waals surface area (Å²) in [6, 6.07) is 20.1. The molecule has 0 aliphatic carbocycles. The molecule has 1 amide bonds. The van der Waals surface area contributed by atoms with Crippen molar-refractivity contribution in [2.75, 3.05) is 44.7 Å². The quantitative estimate of drug-likeness (QED) is 0.0764. The first-order valence-electron chi connectivity index (χ1n) is 24.2. The number of aromatic nitrogens is 2. The third kappa shape index (κ3) is 9.44. The fourth-order valence-electron chi connectivity index (χ4n) is 10.5. The van der Waals surface area contributed by atoms with Crippen LogP contribution in [0.4, 0.5) is 14.9 Å². The standard InChI is InChI=1S/C52H59FN5O10P/c1-5-39-40-29-38(67-51(62)57-25-21-37(22-26-57)56-23-10-9-11-24-56)19-20-44(40)55-47-41(39)31-58-45(47)30-43-42(49(58)60)32-64-50(61)52(43,6-2)68-46(59)27-33-15-17-36(18-16-33)54-48(34-13-12-14-35(53)28-34)69(63,65-7-3)66-8-4/h12-20,28-30,37,48,54H,5-11,21-27,31-32H2,1-4H3. The summed E-state index contributed by atoms with van der Waals surface area (Å²) in [6.07, 6.45) is 5.64. The summed E-state index contributed by atoms with van der Waals surface area (Å²) in [5.74, 6) is -2.64. The highest BCUT2D eigenvalue weighted by Crippen LogP contribution is 2.61. The Labute approximate surface area is 400 Å². The highest BCUT2D eigenvalue weighted by molar-refractivity contribution is 7.54. The number of piperidine rings is 2. The summed E-state index contributed by atoms with van der Waals surface area (Å²) in [4.78, 5) is 65.0. The van der Waals surface area contributed by atoms with Crippen molar-refractivity contribution in [3.8, 4) is 17.1 Å². The van der Waals surface area contributed by atoms with Crippen LogP contribution in [-0.4, -0.2) is 82.8 Å². The van der Waals surface area contributed by atoms with E-state index in [1.807, 2.05) is 19.1 Å². The van der Waals surface area contributed by atoms with Gasteiger partial charge < -0.3 is 42.9 Å². The Morgan fingerprint density at radius 1 is 0.913 bits per heavy atom. The van der Waals surface area contributed by atoms with E-state index >= 15 is 0 Å². The van der Waals surface area contributed by atoms with Crippen molar-refractivity contribution in [2.24, 2.45) is 0 Å². The van der Waals surface area contributed by atoms with E-state index in [1.54, 1.807) is 72.7 Å². The first-order valence-corrected chi connectivity index (χ1v) is 25.8. The Hall–Kier alpha value is -5.93. The number of likely N-dealkylation sites (tertiary alicyclic amines) is 2. The number of benzene rings is 3. The number of amides is 1. The maximum Gasteiger partial charge on any atom is 0.415 e. The molecule has 4 aliphatic rings. The number of rotatable bonds is 15. The minimum atomic E-state index is -3.83. The van der Waals surface area contributed by atoms with Gasteiger partial charge in [-0.2, -0.15) is 0 Å². The van der Waals surface area contributed by atoms with Gasteiger partial charge in [-0.3, -0.25) is 14.2 Å². The van der Waals surface area contributed by atoms with E-state index in [2.05, 4.69) is 10.2 Å². The predicted octanol–water partition coefficient (Wildman–Crippen LogP) is 9.40. The average molecular weight is 964 g/mol. The summed E-state index contributed by atoms with van der Waals surface area (Å²) in [5, 5.41) is 3.99. The van der Waals surface area contributed by atoms with Crippen LogP contribution in [0.15, 0.2) is 77.6 Å². The molecule has 0 bridgehead atoms. The molecule has 17 heteroatoms. The van der Waals surface area contributed by atoms with Crippen molar-refractivity contribution >= 4 is 42.2 Å². The summed E-state index contributed by atoms with van der Waals surface area (Å²) in [5.41, 5.74) is 3.14. The number of carbonyl (C=O) groups excluding carboxylic acids is 3. The van der Waals surface area contributed by atoms with Crippen molar-refractivity contribution in [3.63, 3.8) is 0 Å². The van der Waals surface area contributed by atoms with Crippen LogP contribution in [-0.2, 0) is 64.3 Å². The highest BCUT2D eigenvalue weighted by Gasteiger charge is 2.50. The molecule has 364 valence electrons. The van der Waals surface area contributed by atoms with Crippen LogP contribution < -0.4 is 15.6 Å². The van der Waals surface area contributed by atoms with Crippen LogP contribution in [0.2, 0.25) is 0 Å². The van der Waals surface area contributed by atoms with Crippen molar-refractivity contribution in [3.05, 3.63) is 122 Å². The number of ether oxygens (including phenoxy) is 3. The zero-order valence-corrected chi connectivity index (χ0v) is 40.5. The molecular weight excluding hydrogens is 905 g/mol. The number of cyclic esters (lactones) is 1. The van der Waals surface area contributed by atoms with Gasteiger partial charge in [-0.05, 0) is 131 Å². The minimum absolute atomic E-state index is 0.00627. The molecule has 2 saturated heterocycles. The van der Waals surface area contributed by atoms with Crippen molar-refractivity contribution < 1.29 is 46.6 Å². The van der Waals surface area contributed by atoms with E-state index in [1.165, 1.54) is 37.5 Å². The molecule has 2 aromatic heterocycles. The van der Waals surface area contributed by atoms with Gasteiger partial charge in [0.1, 0.15) is 18.2 Å². The van der Waals surface area contributed by atoms with Crippen molar-refractivity contribution in [1.82, 2.24) is 19.4 Å². The van der Waals surface area contributed by atoms with Crippen LogP contribution in [0.5, 0.6) is 5.75 Å². The van der Waals surface area contributed by atoms with Gasteiger partial charge >= 0.3 is 25.6 Å². The highest BCUT2D eigenvalue weighted by atomic mass is 31.2. The number of aryl methyl sites for hydroxylation is 1. The number of halogens is 1. The van der Waals surface area contributed by atoms with Crippen LogP contribution in [0.25, 0.3) is 22.3 Å². The maximum absolute atomic E-state index is 14.4. The molecule has 5 aromatic rings. The molecule has 2 unspecified atom stereocenters. The lowest BCUT2D eigenvalue weighted by atomic mass is 9.85. The molecule has 2 fully saturated rings. The third-order valence-corrected chi connectivity index (χ3v) is 16.2. The van der Waals surface area contributed by atoms with Crippen LogP contribution in [0.1, 0.15) is 105 Å². The molecule has 2 atom stereocenters. The second-order valence-corrected chi connectivity index (χ2v) is 20.1.